The highest BCUT2D eigenvalue weighted by Gasteiger charge is 2.08. The molecule has 0 saturated heterocycles. The van der Waals surface area contributed by atoms with Crippen LogP contribution in [0.25, 0.3) is 0 Å². The Morgan fingerprint density at radius 2 is 2.00 bits per heavy atom. The SMILES string of the molecule is Cc1nnc(SCc2ccccc2)n1/N=C\c1cccnc1. The average Bonchev–Trinajstić information content (AvgIpc) is 2.93. The lowest BCUT2D eigenvalue weighted by atomic mass is 10.2. The molecule has 3 aromatic rings. The van der Waals surface area contributed by atoms with Gasteiger partial charge >= 0.3 is 0 Å². The first-order valence-electron chi connectivity index (χ1n) is 6.86. The molecule has 0 N–H and O–H groups in total. The molecule has 1 aromatic carbocycles. The van der Waals surface area contributed by atoms with Crippen molar-refractivity contribution in [2.24, 2.45) is 5.10 Å². The molecular formula is C16H15N5S. The predicted octanol–water partition coefficient (Wildman–Crippen LogP) is 3.16. The Hall–Kier alpha value is -2.47. The Balaban J connectivity index is 1.75. The second kappa shape index (κ2) is 7.00. The third-order valence-electron chi connectivity index (χ3n) is 2.99. The van der Waals surface area contributed by atoms with E-state index in [1.54, 1.807) is 35.0 Å². The molecule has 6 heteroatoms. The summed E-state index contributed by atoms with van der Waals surface area (Å²) in [4.78, 5) is 4.07. The van der Waals surface area contributed by atoms with Crippen molar-refractivity contribution >= 4 is 18.0 Å². The van der Waals surface area contributed by atoms with Crippen LogP contribution in [-0.2, 0) is 5.75 Å². The molecule has 110 valence electrons. The molecule has 0 saturated carbocycles. The van der Waals surface area contributed by atoms with E-state index in [2.05, 4.69) is 32.4 Å². The molecule has 0 spiro atoms. The van der Waals surface area contributed by atoms with Gasteiger partial charge in [0.25, 0.3) is 0 Å². The molecule has 0 radical (unpaired) electrons. The normalized spacial score (nSPS) is 11.1. The monoisotopic (exact) mass is 309 g/mol. The van der Waals surface area contributed by atoms with Crippen LogP contribution >= 0.6 is 11.8 Å². The number of benzene rings is 1. The molecule has 0 unspecified atom stereocenters. The van der Waals surface area contributed by atoms with E-state index in [4.69, 9.17) is 0 Å². The van der Waals surface area contributed by atoms with E-state index in [0.717, 1.165) is 22.3 Å². The maximum atomic E-state index is 4.45. The van der Waals surface area contributed by atoms with Gasteiger partial charge in [-0.15, -0.1) is 10.2 Å². The first-order chi connectivity index (χ1) is 10.8. The Kier molecular flexibility index (Phi) is 4.60. The van der Waals surface area contributed by atoms with Crippen molar-refractivity contribution < 1.29 is 0 Å². The number of aryl methyl sites for hydroxylation is 1. The Morgan fingerprint density at radius 3 is 2.77 bits per heavy atom. The quantitative estimate of drug-likeness (QED) is 0.536. The Bertz CT molecular complexity index is 753. The molecule has 5 nitrogen and oxygen atoms in total. The van der Waals surface area contributed by atoms with Crippen molar-refractivity contribution in [3.8, 4) is 0 Å². The third-order valence-corrected chi connectivity index (χ3v) is 3.98. The summed E-state index contributed by atoms with van der Waals surface area (Å²) in [6, 6.07) is 14.1. The highest BCUT2D eigenvalue weighted by Crippen LogP contribution is 2.21. The van der Waals surface area contributed by atoms with Crippen molar-refractivity contribution in [2.45, 2.75) is 17.8 Å². The van der Waals surface area contributed by atoms with E-state index in [1.165, 1.54) is 5.56 Å². The Morgan fingerprint density at radius 1 is 1.14 bits per heavy atom. The van der Waals surface area contributed by atoms with Crippen LogP contribution in [0.2, 0.25) is 0 Å². The van der Waals surface area contributed by atoms with Crippen molar-refractivity contribution in [1.29, 1.82) is 0 Å². The topological polar surface area (TPSA) is 56.0 Å². The predicted molar refractivity (Wildman–Crippen MR) is 88.0 cm³/mol. The second-order valence-electron chi connectivity index (χ2n) is 4.65. The van der Waals surface area contributed by atoms with Gasteiger partial charge in [0.05, 0.1) is 6.21 Å². The van der Waals surface area contributed by atoms with Gasteiger partial charge in [0.1, 0.15) is 0 Å². The average molecular weight is 309 g/mol. The van der Waals surface area contributed by atoms with Gasteiger partial charge in [-0.2, -0.15) is 9.78 Å². The largest absolute Gasteiger partial charge is 0.264 e. The molecule has 22 heavy (non-hydrogen) atoms. The smallest absolute Gasteiger partial charge is 0.212 e. The maximum Gasteiger partial charge on any atom is 0.212 e. The number of hydrogen-bond acceptors (Lipinski definition) is 5. The molecule has 0 atom stereocenters. The summed E-state index contributed by atoms with van der Waals surface area (Å²) in [5.74, 6) is 1.59. The third kappa shape index (κ3) is 3.59. The number of pyridine rings is 1. The van der Waals surface area contributed by atoms with E-state index in [1.807, 2.05) is 37.3 Å². The van der Waals surface area contributed by atoms with E-state index in [0.29, 0.717) is 0 Å². The minimum Gasteiger partial charge on any atom is -0.264 e. The van der Waals surface area contributed by atoms with E-state index < -0.39 is 0 Å². The number of hydrogen-bond donors (Lipinski definition) is 0. The van der Waals surface area contributed by atoms with E-state index >= 15 is 0 Å². The van der Waals surface area contributed by atoms with Gasteiger partial charge < -0.3 is 0 Å². The summed E-state index contributed by atoms with van der Waals surface area (Å²) in [6.45, 7) is 1.89. The molecule has 0 amide bonds. The standard InChI is InChI=1S/C16H15N5S/c1-13-19-20-16(22-12-14-6-3-2-4-7-14)21(13)18-11-15-8-5-9-17-10-15/h2-11H,12H2,1H3/b18-11-. The summed E-state index contributed by atoms with van der Waals surface area (Å²) in [7, 11) is 0. The zero-order valence-corrected chi connectivity index (χ0v) is 12.9. The molecule has 0 aliphatic rings. The van der Waals surface area contributed by atoms with Gasteiger partial charge in [-0.1, -0.05) is 48.2 Å². The molecule has 2 aromatic heterocycles. The number of aromatic nitrogens is 4. The van der Waals surface area contributed by atoms with Gasteiger partial charge in [-0.25, -0.2) is 0 Å². The van der Waals surface area contributed by atoms with Crippen LogP contribution in [0.4, 0.5) is 0 Å². The second-order valence-corrected chi connectivity index (χ2v) is 5.59. The summed E-state index contributed by atoms with van der Waals surface area (Å²) >= 11 is 1.62. The lowest BCUT2D eigenvalue weighted by Gasteiger charge is -2.02. The molecule has 0 fully saturated rings. The van der Waals surface area contributed by atoms with Crippen LogP contribution in [0.15, 0.2) is 65.1 Å². The fourth-order valence-corrected chi connectivity index (χ4v) is 2.75. The molecular weight excluding hydrogens is 294 g/mol. The van der Waals surface area contributed by atoms with Crippen LogP contribution in [0.5, 0.6) is 0 Å². The molecule has 0 bridgehead atoms. The van der Waals surface area contributed by atoms with Gasteiger partial charge in [-0.05, 0) is 18.6 Å². The number of rotatable bonds is 5. The van der Waals surface area contributed by atoms with Gasteiger partial charge in [0, 0.05) is 23.7 Å². The minimum absolute atomic E-state index is 0.760. The van der Waals surface area contributed by atoms with Crippen LogP contribution in [0.3, 0.4) is 0 Å². The molecule has 3 rings (SSSR count). The van der Waals surface area contributed by atoms with Crippen molar-refractivity contribution in [1.82, 2.24) is 19.9 Å². The summed E-state index contributed by atoms with van der Waals surface area (Å²) in [5, 5.41) is 13.5. The van der Waals surface area contributed by atoms with Crippen molar-refractivity contribution in [3.63, 3.8) is 0 Å². The summed E-state index contributed by atoms with van der Waals surface area (Å²) in [6.07, 6.45) is 5.26. The van der Waals surface area contributed by atoms with Gasteiger partial charge in [-0.3, -0.25) is 4.98 Å². The maximum absolute atomic E-state index is 4.45. The zero-order chi connectivity index (χ0) is 15.2. The van der Waals surface area contributed by atoms with E-state index in [9.17, 15) is 0 Å². The van der Waals surface area contributed by atoms with Crippen LogP contribution in [0, 0.1) is 6.92 Å². The molecule has 0 aliphatic carbocycles. The van der Waals surface area contributed by atoms with Crippen molar-refractivity contribution in [2.75, 3.05) is 0 Å². The highest BCUT2D eigenvalue weighted by atomic mass is 32.2. The van der Waals surface area contributed by atoms with Gasteiger partial charge in [0.2, 0.25) is 5.16 Å². The molecule has 0 aliphatic heterocycles. The zero-order valence-electron chi connectivity index (χ0n) is 12.1. The first-order valence-corrected chi connectivity index (χ1v) is 7.84. The molecule has 2 heterocycles. The number of nitrogens with zero attached hydrogens (tertiary/aromatic N) is 5. The lowest BCUT2D eigenvalue weighted by molar-refractivity contribution is 0.744. The fourth-order valence-electron chi connectivity index (χ4n) is 1.86. The van der Waals surface area contributed by atoms with Crippen LogP contribution < -0.4 is 0 Å². The summed E-state index contributed by atoms with van der Waals surface area (Å²) < 4.78 is 1.75. The van der Waals surface area contributed by atoms with Gasteiger partial charge in [0.15, 0.2) is 5.82 Å². The van der Waals surface area contributed by atoms with Crippen LogP contribution in [0.1, 0.15) is 17.0 Å². The first kappa shape index (κ1) is 14.5. The Labute approximate surface area is 133 Å². The van der Waals surface area contributed by atoms with E-state index in [-0.39, 0.29) is 0 Å². The number of thioether (sulfide) groups is 1. The van der Waals surface area contributed by atoms with Crippen LogP contribution in [-0.4, -0.2) is 26.1 Å². The lowest BCUT2D eigenvalue weighted by Crippen LogP contribution is -1.96. The summed E-state index contributed by atoms with van der Waals surface area (Å²) in [5.41, 5.74) is 2.19. The minimum atomic E-state index is 0.760. The van der Waals surface area contributed by atoms with Crippen molar-refractivity contribution in [3.05, 3.63) is 71.8 Å². The highest BCUT2D eigenvalue weighted by molar-refractivity contribution is 7.98. The fraction of sp³-hybridized carbons (Fsp3) is 0.125.